The zero-order valence-electron chi connectivity index (χ0n) is 9.45. The predicted octanol–water partition coefficient (Wildman–Crippen LogP) is 4.46. The van der Waals surface area contributed by atoms with Gasteiger partial charge in [0.1, 0.15) is 0 Å². The van der Waals surface area contributed by atoms with E-state index in [-0.39, 0.29) is 6.04 Å². The maximum absolute atomic E-state index is 6.26. The summed E-state index contributed by atoms with van der Waals surface area (Å²) in [4.78, 5) is 0. The number of benzene rings is 2. The first-order chi connectivity index (χ1) is 8.08. The van der Waals surface area contributed by atoms with E-state index in [9.17, 15) is 0 Å². The van der Waals surface area contributed by atoms with Crippen LogP contribution in [0.4, 0.5) is 0 Å². The Labute approximate surface area is 115 Å². The summed E-state index contributed by atoms with van der Waals surface area (Å²) in [5.41, 5.74) is 9.57. The molecule has 17 heavy (non-hydrogen) atoms. The lowest BCUT2D eigenvalue weighted by atomic mass is 9.96. The Morgan fingerprint density at radius 1 is 1.12 bits per heavy atom. The highest BCUT2D eigenvalue weighted by atomic mass is 79.9. The number of hydrogen-bond donors (Lipinski definition) is 1. The lowest BCUT2D eigenvalue weighted by Gasteiger charge is -2.15. The molecule has 0 bridgehead atoms. The summed E-state index contributed by atoms with van der Waals surface area (Å²) in [6, 6.07) is 13.7. The highest BCUT2D eigenvalue weighted by Gasteiger charge is 2.11. The molecule has 0 saturated carbocycles. The molecule has 0 aliphatic heterocycles. The zero-order valence-corrected chi connectivity index (χ0v) is 11.8. The normalized spacial score (nSPS) is 12.5. The maximum Gasteiger partial charge on any atom is 0.0554 e. The molecule has 88 valence electrons. The molecule has 0 aliphatic carbocycles. The smallest absolute Gasteiger partial charge is 0.0554 e. The average Bonchev–Trinajstić information content (AvgIpc) is 2.32. The van der Waals surface area contributed by atoms with Crippen LogP contribution in [0.1, 0.15) is 22.7 Å². The van der Waals surface area contributed by atoms with E-state index < -0.39 is 0 Å². The SMILES string of the molecule is Cc1ccc(Cl)cc1C(N)c1ccc(Br)cc1. The van der Waals surface area contributed by atoms with Crippen molar-refractivity contribution in [3.05, 3.63) is 68.7 Å². The first kappa shape index (κ1) is 12.6. The molecule has 1 unspecified atom stereocenters. The van der Waals surface area contributed by atoms with Crippen molar-refractivity contribution in [2.75, 3.05) is 0 Å². The van der Waals surface area contributed by atoms with E-state index in [4.69, 9.17) is 17.3 Å². The molecule has 2 N–H and O–H groups in total. The third kappa shape index (κ3) is 2.89. The molecule has 0 aromatic heterocycles. The van der Waals surface area contributed by atoms with Gasteiger partial charge in [-0.05, 0) is 47.9 Å². The Kier molecular flexibility index (Phi) is 3.87. The summed E-state index contributed by atoms with van der Waals surface area (Å²) in [7, 11) is 0. The molecule has 0 amide bonds. The minimum atomic E-state index is -0.137. The number of nitrogens with two attached hydrogens (primary N) is 1. The Morgan fingerprint density at radius 3 is 2.41 bits per heavy atom. The molecule has 2 aromatic carbocycles. The van der Waals surface area contributed by atoms with Gasteiger partial charge in [-0.25, -0.2) is 0 Å². The number of halogens is 2. The van der Waals surface area contributed by atoms with Crippen LogP contribution in [0.25, 0.3) is 0 Å². The summed E-state index contributed by atoms with van der Waals surface area (Å²) in [6.07, 6.45) is 0. The Bertz CT molecular complexity index is 522. The average molecular weight is 311 g/mol. The molecule has 0 spiro atoms. The van der Waals surface area contributed by atoms with Gasteiger partial charge in [-0.1, -0.05) is 45.7 Å². The van der Waals surface area contributed by atoms with Crippen molar-refractivity contribution in [3.63, 3.8) is 0 Å². The lowest BCUT2D eigenvalue weighted by molar-refractivity contribution is 0.861. The zero-order chi connectivity index (χ0) is 12.4. The van der Waals surface area contributed by atoms with Gasteiger partial charge < -0.3 is 5.73 Å². The third-order valence-corrected chi connectivity index (χ3v) is 3.57. The largest absolute Gasteiger partial charge is 0.320 e. The summed E-state index contributed by atoms with van der Waals surface area (Å²) in [5, 5.41) is 0.721. The second kappa shape index (κ2) is 5.21. The van der Waals surface area contributed by atoms with Gasteiger partial charge in [0.15, 0.2) is 0 Å². The monoisotopic (exact) mass is 309 g/mol. The van der Waals surface area contributed by atoms with Crippen LogP contribution in [0.5, 0.6) is 0 Å². The molecule has 1 atom stereocenters. The molecule has 1 nitrogen and oxygen atoms in total. The summed E-state index contributed by atoms with van der Waals surface area (Å²) < 4.78 is 1.05. The van der Waals surface area contributed by atoms with Crippen molar-refractivity contribution in [3.8, 4) is 0 Å². The van der Waals surface area contributed by atoms with Gasteiger partial charge in [0, 0.05) is 9.50 Å². The van der Waals surface area contributed by atoms with Gasteiger partial charge in [-0.2, -0.15) is 0 Å². The van der Waals surface area contributed by atoms with Crippen LogP contribution in [0, 0.1) is 6.92 Å². The minimum absolute atomic E-state index is 0.137. The quantitative estimate of drug-likeness (QED) is 0.871. The first-order valence-electron chi connectivity index (χ1n) is 5.35. The molecule has 2 rings (SSSR count). The summed E-state index contributed by atoms with van der Waals surface area (Å²) in [6.45, 7) is 2.05. The van der Waals surface area contributed by atoms with E-state index in [0.717, 1.165) is 26.2 Å². The van der Waals surface area contributed by atoms with Gasteiger partial charge in [0.25, 0.3) is 0 Å². The van der Waals surface area contributed by atoms with Gasteiger partial charge in [-0.3, -0.25) is 0 Å². The standard InChI is InChI=1S/C14H13BrClN/c1-9-2-7-12(16)8-13(9)14(17)10-3-5-11(15)6-4-10/h2-8,14H,17H2,1H3. The van der Waals surface area contributed by atoms with E-state index >= 15 is 0 Å². The van der Waals surface area contributed by atoms with E-state index in [1.807, 2.05) is 49.4 Å². The van der Waals surface area contributed by atoms with Crippen molar-refractivity contribution >= 4 is 27.5 Å². The van der Waals surface area contributed by atoms with Crippen molar-refractivity contribution in [2.45, 2.75) is 13.0 Å². The Balaban J connectivity index is 2.39. The van der Waals surface area contributed by atoms with Gasteiger partial charge >= 0.3 is 0 Å². The maximum atomic E-state index is 6.26. The van der Waals surface area contributed by atoms with Crippen LogP contribution in [0.15, 0.2) is 46.9 Å². The summed E-state index contributed by atoms with van der Waals surface area (Å²) >= 11 is 9.43. The Morgan fingerprint density at radius 2 is 1.76 bits per heavy atom. The predicted molar refractivity (Wildman–Crippen MR) is 76.4 cm³/mol. The third-order valence-electron chi connectivity index (χ3n) is 2.81. The molecule has 0 saturated heterocycles. The van der Waals surface area contributed by atoms with Crippen LogP contribution in [-0.4, -0.2) is 0 Å². The van der Waals surface area contributed by atoms with Gasteiger partial charge in [0.05, 0.1) is 6.04 Å². The molecular formula is C14H13BrClN. The van der Waals surface area contributed by atoms with Crippen molar-refractivity contribution in [1.29, 1.82) is 0 Å². The highest BCUT2D eigenvalue weighted by molar-refractivity contribution is 9.10. The lowest BCUT2D eigenvalue weighted by Crippen LogP contribution is -2.13. The van der Waals surface area contributed by atoms with Gasteiger partial charge in [0.2, 0.25) is 0 Å². The van der Waals surface area contributed by atoms with Crippen LogP contribution in [0.3, 0.4) is 0 Å². The second-order valence-corrected chi connectivity index (χ2v) is 5.38. The molecule has 3 heteroatoms. The fourth-order valence-corrected chi connectivity index (χ4v) is 2.24. The van der Waals surface area contributed by atoms with E-state index in [2.05, 4.69) is 15.9 Å². The van der Waals surface area contributed by atoms with Crippen molar-refractivity contribution < 1.29 is 0 Å². The molecule has 0 aliphatic rings. The van der Waals surface area contributed by atoms with Crippen molar-refractivity contribution in [2.24, 2.45) is 5.73 Å². The molecular weight excluding hydrogens is 298 g/mol. The number of rotatable bonds is 2. The topological polar surface area (TPSA) is 26.0 Å². The molecule has 0 fully saturated rings. The molecule has 0 heterocycles. The van der Waals surface area contributed by atoms with E-state index in [1.54, 1.807) is 0 Å². The van der Waals surface area contributed by atoms with Crippen LogP contribution in [0.2, 0.25) is 5.02 Å². The second-order valence-electron chi connectivity index (χ2n) is 4.03. The fourth-order valence-electron chi connectivity index (χ4n) is 1.80. The minimum Gasteiger partial charge on any atom is -0.320 e. The summed E-state index contributed by atoms with van der Waals surface area (Å²) in [5.74, 6) is 0. The van der Waals surface area contributed by atoms with Crippen LogP contribution in [-0.2, 0) is 0 Å². The highest BCUT2D eigenvalue weighted by Crippen LogP contribution is 2.26. The first-order valence-corrected chi connectivity index (χ1v) is 6.52. The van der Waals surface area contributed by atoms with Crippen LogP contribution < -0.4 is 5.73 Å². The van der Waals surface area contributed by atoms with E-state index in [0.29, 0.717) is 0 Å². The van der Waals surface area contributed by atoms with Gasteiger partial charge in [-0.15, -0.1) is 0 Å². The molecule has 0 radical (unpaired) electrons. The van der Waals surface area contributed by atoms with E-state index in [1.165, 1.54) is 0 Å². The number of aryl methyl sites for hydroxylation is 1. The van der Waals surface area contributed by atoms with Crippen molar-refractivity contribution in [1.82, 2.24) is 0 Å². The fraction of sp³-hybridized carbons (Fsp3) is 0.143. The number of hydrogen-bond acceptors (Lipinski definition) is 1. The molecule has 2 aromatic rings. The Hall–Kier alpha value is -0.830. The van der Waals surface area contributed by atoms with Crippen LogP contribution >= 0.6 is 27.5 Å².